The molecule has 0 radical (unpaired) electrons. The van der Waals surface area contributed by atoms with Gasteiger partial charge in [0.15, 0.2) is 5.82 Å². The van der Waals surface area contributed by atoms with Gasteiger partial charge >= 0.3 is 0 Å². The number of amides is 1. The van der Waals surface area contributed by atoms with Crippen molar-refractivity contribution < 1.29 is 4.79 Å². The van der Waals surface area contributed by atoms with E-state index in [9.17, 15) is 4.79 Å². The molecule has 1 aliphatic heterocycles. The molecule has 2 aliphatic rings. The summed E-state index contributed by atoms with van der Waals surface area (Å²) >= 11 is 0. The largest absolute Gasteiger partial charge is 0.342 e. The third-order valence-corrected chi connectivity index (χ3v) is 2.82. The summed E-state index contributed by atoms with van der Waals surface area (Å²) in [7, 11) is 0. The zero-order valence-electron chi connectivity index (χ0n) is 8.21. The van der Waals surface area contributed by atoms with Crippen LogP contribution in [0.5, 0.6) is 0 Å². The number of anilines is 2. The van der Waals surface area contributed by atoms with Crippen LogP contribution >= 0.6 is 0 Å². The first-order chi connectivity index (χ1) is 7.34. The van der Waals surface area contributed by atoms with Crippen LogP contribution in [0.4, 0.5) is 11.5 Å². The van der Waals surface area contributed by atoms with Gasteiger partial charge in [-0.2, -0.15) is 0 Å². The molecular formula is C11H11N3O. The Hall–Kier alpha value is -1.84. The Labute approximate surface area is 87.4 Å². The molecule has 0 atom stereocenters. The molecular weight excluding hydrogens is 190 g/mol. The number of aromatic nitrogens is 1. The van der Waals surface area contributed by atoms with E-state index in [-0.39, 0.29) is 5.91 Å². The molecule has 0 bridgehead atoms. The highest BCUT2D eigenvalue weighted by molar-refractivity contribution is 6.07. The number of hydrogen-bond acceptors (Lipinski definition) is 3. The van der Waals surface area contributed by atoms with Crippen LogP contribution in [0.2, 0.25) is 0 Å². The van der Waals surface area contributed by atoms with Gasteiger partial charge in [0.2, 0.25) is 0 Å². The summed E-state index contributed by atoms with van der Waals surface area (Å²) in [5.41, 5.74) is 2.68. The van der Waals surface area contributed by atoms with Crippen LogP contribution in [0.25, 0.3) is 0 Å². The maximum absolute atomic E-state index is 11.8. The van der Waals surface area contributed by atoms with Crippen molar-refractivity contribution in [1.82, 2.24) is 4.98 Å². The number of pyridine rings is 1. The first kappa shape index (κ1) is 8.47. The molecule has 1 aliphatic carbocycles. The van der Waals surface area contributed by atoms with Crippen LogP contribution < -0.4 is 10.6 Å². The Balaban J connectivity index is 2.08. The fourth-order valence-corrected chi connectivity index (χ4v) is 2.08. The van der Waals surface area contributed by atoms with Crippen LogP contribution in [-0.2, 0) is 4.79 Å². The zero-order chi connectivity index (χ0) is 10.3. The summed E-state index contributed by atoms with van der Waals surface area (Å²) in [5, 5.41) is 6.11. The van der Waals surface area contributed by atoms with Crippen molar-refractivity contribution in [3.8, 4) is 0 Å². The van der Waals surface area contributed by atoms with Gasteiger partial charge in [-0.3, -0.25) is 4.79 Å². The number of nitrogens with one attached hydrogen (secondary N) is 2. The van der Waals surface area contributed by atoms with Gasteiger partial charge in [-0.15, -0.1) is 0 Å². The second-order valence-electron chi connectivity index (χ2n) is 3.79. The molecule has 1 aromatic rings. The number of allylic oxidation sites excluding steroid dienone is 1. The van der Waals surface area contributed by atoms with Gasteiger partial charge in [0.1, 0.15) is 0 Å². The minimum atomic E-state index is 0.0155. The summed E-state index contributed by atoms with van der Waals surface area (Å²) in [5.74, 6) is 0.763. The first-order valence-corrected chi connectivity index (χ1v) is 5.10. The normalized spacial score (nSPS) is 18.8. The van der Waals surface area contributed by atoms with Crippen molar-refractivity contribution in [2.45, 2.75) is 19.3 Å². The van der Waals surface area contributed by atoms with Crippen LogP contribution in [0.15, 0.2) is 29.6 Å². The van der Waals surface area contributed by atoms with Crippen molar-refractivity contribution >= 4 is 17.4 Å². The molecule has 0 spiro atoms. The van der Waals surface area contributed by atoms with Crippen LogP contribution in [0, 0.1) is 0 Å². The second-order valence-corrected chi connectivity index (χ2v) is 3.79. The average molecular weight is 201 g/mol. The zero-order valence-corrected chi connectivity index (χ0v) is 8.21. The number of hydrogen-bond donors (Lipinski definition) is 2. The lowest BCUT2D eigenvalue weighted by molar-refractivity contribution is -0.112. The van der Waals surface area contributed by atoms with E-state index in [2.05, 4.69) is 15.6 Å². The molecule has 15 heavy (non-hydrogen) atoms. The van der Waals surface area contributed by atoms with Gasteiger partial charge in [0, 0.05) is 17.5 Å². The number of rotatable bonds is 0. The number of carbonyl (C=O) groups is 1. The van der Waals surface area contributed by atoms with Gasteiger partial charge in [0.05, 0.1) is 5.69 Å². The summed E-state index contributed by atoms with van der Waals surface area (Å²) in [4.78, 5) is 16.0. The quantitative estimate of drug-likeness (QED) is 0.673. The standard InChI is InChI=1S/C11H11N3O/c15-11-7-3-1-4-8(7)13-10-9(14-11)5-2-6-12-10/h2,5-6H,1,3-4H2,(H,12,13)(H,14,15). The van der Waals surface area contributed by atoms with Gasteiger partial charge in [-0.25, -0.2) is 4.98 Å². The number of fused-ring (bicyclic) bond motifs is 1. The van der Waals surface area contributed by atoms with Crippen LogP contribution in [0.1, 0.15) is 19.3 Å². The minimum Gasteiger partial charge on any atom is -0.342 e. The SMILES string of the molecule is O=C1Nc2cccnc2NC2=C1CCC2. The first-order valence-electron chi connectivity index (χ1n) is 5.10. The molecule has 1 aromatic heterocycles. The molecule has 4 nitrogen and oxygen atoms in total. The highest BCUT2D eigenvalue weighted by Crippen LogP contribution is 2.32. The van der Waals surface area contributed by atoms with E-state index in [1.807, 2.05) is 12.1 Å². The fourth-order valence-electron chi connectivity index (χ4n) is 2.08. The predicted octanol–water partition coefficient (Wildman–Crippen LogP) is 1.88. The molecule has 4 heteroatoms. The Morgan fingerprint density at radius 1 is 1.27 bits per heavy atom. The second kappa shape index (κ2) is 3.08. The predicted molar refractivity (Wildman–Crippen MR) is 57.4 cm³/mol. The monoisotopic (exact) mass is 201 g/mol. The van der Waals surface area contributed by atoms with Gasteiger partial charge in [-0.1, -0.05) is 0 Å². The Bertz CT molecular complexity index is 465. The third-order valence-electron chi connectivity index (χ3n) is 2.82. The lowest BCUT2D eigenvalue weighted by Gasteiger charge is -2.07. The summed E-state index contributed by atoms with van der Waals surface area (Å²) in [6, 6.07) is 3.67. The topological polar surface area (TPSA) is 54.0 Å². The molecule has 0 aromatic carbocycles. The minimum absolute atomic E-state index is 0.0155. The van der Waals surface area contributed by atoms with E-state index in [4.69, 9.17) is 0 Å². The summed E-state index contributed by atoms with van der Waals surface area (Å²) in [6.07, 6.45) is 4.58. The third kappa shape index (κ3) is 1.29. The van der Waals surface area contributed by atoms with E-state index in [0.29, 0.717) is 0 Å². The van der Waals surface area contributed by atoms with Crippen molar-refractivity contribution in [2.24, 2.45) is 0 Å². The lowest BCUT2D eigenvalue weighted by atomic mass is 10.2. The molecule has 0 fully saturated rings. The van der Waals surface area contributed by atoms with Crippen LogP contribution in [0.3, 0.4) is 0 Å². The Kier molecular flexibility index (Phi) is 1.74. The van der Waals surface area contributed by atoms with E-state index < -0.39 is 0 Å². The van der Waals surface area contributed by atoms with Gasteiger partial charge < -0.3 is 10.6 Å². The molecule has 0 saturated carbocycles. The van der Waals surface area contributed by atoms with E-state index >= 15 is 0 Å². The Morgan fingerprint density at radius 3 is 3.13 bits per heavy atom. The highest BCUT2D eigenvalue weighted by atomic mass is 16.1. The average Bonchev–Trinajstić information content (AvgIpc) is 2.64. The van der Waals surface area contributed by atoms with E-state index in [0.717, 1.165) is 42.0 Å². The molecule has 3 rings (SSSR count). The van der Waals surface area contributed by atoms with Crippen molar-refractivity contribution in [1.29, 1.82) is 0 Å². The fraction of sp³-hybridized carbons (Fsp3) is 0.273. The molecule has 2 heterocycles. The van der Waals surface area contributed by atoms with Crippen molar-refractivity contribution in [2.75, 3.05) is 10.6 Å². The van der Waals surface area contributed by atoms with Crippen LogP contribution in [-0.4, -0.2) is 10.9 Å². The maximum atomic E-state index is 11.8. The van der Waals surface area contributed by atoms with Gasteiger partial charge in [-0.05, 0) is 31.4 Å². The molecule has 0 unspecified atom stereocenters. The lowest BCUT2D eigenvalue weighted by Crippen LogP contribution is -2.12. The van der Waals surface area contributed by atoms with E-state index in [1.165, 1.54) is 0 Å². The Morgan fingerprint density at radius 2 is 2.20 bits per heavy atom. The maximum Gasteiger partial charge on any atom is 0.253 e. The molecule has 2 N–H and O–H groups in total. The number of nitrogens with zero attached hydrogens (tertiary/aromatic N) is 1. The van der Waals surface area contributed by atoms with E-state index in [1.54, 1.807) is 6.20 Å². The molecule has 1 amide bonds. The molecule has 0 saturated heterocycles. The number of carbonyl (C=O) groups excluding carboxylic acids is 1. The van der Waals surface area contributed by atoms with Crippen molar-refractivity contribution in [3.05, 3.63) is 29.6 Å². The molecule has 76 valence electrons. The summed E-state index contributed by atoms with van der Waals surface area (Å²) < 4.78 is 0. The summed E-state index contributed by atoms with van der Waals surface area (Å²) in [6.45, 7) is 0. The highest BCUT2D eigenvalue weighted by Gasteiger charge is 2.25. The van der Waals surface area contributed by atoms with Crippen molar-refractivity contribution in [3.63, 3.8) is 0 Å². The van der Waals surface area contributed by atoms with Gasteiger partial charge in [0.25, 0.3) is 5.91 Å². The smallest absolute Gasteiger partial charge is 0.253 e.